The number of hydrogen-bond acceptors (Lipinski definition) is 4. The van der Waals surface area contributed by atoms with E-state index in [0.29, 0.717) is 5.69 Å². The second-order valence-corrected chi connectivity index (χ2v) is 7.26. The minimum absolute atomic E-state index is 0.0857. The first-order chi connectivity index (χ1) is 15.2. The summed E-state index contributed by atoms with van der Waals surface area (Å²) in [6, 6.07) is 21.7. The zero-order valence-electron chi connectivity index (χ0n) is 16.9. The predicted octanol–water partition coefficient (Wildman–Crippen LogP) is 5.01. The van der Waals surface area contributed by atoms with Crippen LogP contribution in [0, 0.1) is 0 Å². The summed E-state index contributed by atoms with van der Waals surface area (Å²) in [5.74, 6) is 0.719. The maximum absolute atomic E-state index is 12.7. The lowest BCUT2D eigenvalue weighted by molar-refractivity contribution is -0.115. The third-order valence-corrected chi connectivity index (χ3v) is 5.26. The number of methoxy groups -OCH3 is 1. The van der Waals surface area contributed by atoms with Gasteiger partial charge in [-0.3, -0.25) is 9.79 Å². The Morgan fingerprint density at radius 3 is 2.58 bits per heavy atom. The maximum atomic E-state index is 12.7. The average Bonchev–Trinajstić information content (AvgIpc) is 3.29. The van der Waals surface area contributed by atoms with Gasteiger partial charge in [0.25, 0.3) is 0 Å². The molecule has 1 aromatic heterocycles. The lowest BCUT2D eigenvalue weighted by Crippen LogP contribution is -2.15. The number of carbonyl (C=O) groups excluding carboxylic acids is 1. The summed E-state index contributed by atoms with van der Waals surface area (Å²) in [6.07, 6.45) is 5.58. The van der Waals surface area contributed by atoms with Gasteiger partial charge < -0.3 is 14.6 Å². The Bertz CT molecular complexity index is 1280. The van der Waals surface area contributed by atoms with Crippen LogP contribution in [0.25, 0.3) is 16.8 Å². The second kappa shape index (κ2) is 7.91. The molecule has 0 aliphatic carbocycles. The molecule has 3 aromatic carbocycles. The topological polar surface area (TPSA) is 68.5 Å². The summed E-state index contributed by atoms with van der Waals surface area (Å²) in [5, 5.41) is 3.00. The Kier molecular flexibility index (Phi) is 4.80. The summed E-state index contributed by atoms with van der Waals surface area (Å²) in [6.45, 7) is 0. The fourth-order valence-corrected chi connectivity index (χ4v) is 3.65. The van der Waals surface area contributed by atoms with Crippen molar-refractivity contribution in [3.05, 3.63) is 91.0 Å². The Morgan fingerprint density at radius 2 is 1.81 bits per heavy atom. The number of imidazole rings is 1. The number of benzene rings is 3. The van der Waals surface area contributed by atoms with Crippen molar-refractivity contribution in [1.82, 2.24) is 9.55 Å². The highest BCUT2D eigenvalue weighted by Gasteiger charge is 2.18. The predicted molar refractivity (Wildman–Crippen MR) is 121 cm³/mol. The van der Waals surface area contributed by atoms with Gasteiger partial charge in [0.1, 0.15) is 5.75 Å². The number of fused-ring (bicyclic) bond motifs is 1. The van der Waals surface area contributed by atoms with Crippen LogP contribution >= 0.6 is 0 Å². The molecule has 5 rings (SSSR count). The molecule has 0 spiro atoms. The summed E-state index contributed by atoms with van der Waals surface area (Å²) in [5.41, 5.74) is 6.10. The van der Waals surface area contributed by atoms with E-state index in [2.05, 4.69) is 10.3 Å². The molecule has 2 heterocycles. The summed E-state index contributed by atoms with van der Waals surface area (Å²) in [4.78, 5) is 21.6. The lowest BCUT2D eigenvalue weighted by atomic mass is 10.0. The van der Waals surface area contributed by atoms with Crippen LogP contribution in [0.3, 0.4) is 0 Å². The number of nitrogens with one attached hydrogen (secondary N) is 1. The van der Waals surface area contributed by atoms with E-state index >= 15 is 0 Å². The number of nitrogens with zero attached hydrogens (tertiary/aromatic N) is 3. The molecule has 1 aliphatic heterocycles. The van der Waals surface area contributed by atoms with E-state index in [9.17, 15) is 4.79 Å². The zero-order valence-corrected chi connectivity index (χ0v) is 16.9. The summed E-state index contributed by atoms with van der Waals surface area (Å²) >= 11 is 0. The van der Waals surface area contributed by atoms with Gasteiger partial charge in [-0.1, -0.05) is 30.3 Å². The van der Waals surface area contributed by atoms with E-state index in [1.54, 1.807) is 19.6 Å². The minimum atomic E-state index is -0.0857. The van der Waals surface area contributed by atoms with Gasteiger partial charge in [0, 0.05) is 18.1 Å². The first-order valence-electron chi connectivity index (χ1n) is 9.94. The molecule has 4 aromatic rings. The van der Waals surface area contributed by atoms with Crippen molar-refractivity contribution in [2.24, 2.45) is 4.99 Å². The zero-order chi connectivity index (χ0) is 21.2. The standard InChI is InChI=1S/C25H20N4O2/c1-31-21-8-5-17(6-9-21)18-7-10-22-24(14-18)28-25(30)15-23(27-22)19-3-2-4-20(13-19)29-12-11-26-16-29/h2-14,16H,15H2,1H3,(H,28,30). The van der Waals surface area contributed by atoms with Gasteiger partial charge in [-0.25, -0.2) is 4.98 Å². The van der Waals surface area contributed by atoms with Crippen molar-refractivity contribution in [3.8, 4) is 22.6 Å². The van der Waals surface area contributed by atoms with Crippen LogP contribution in [-0.2, 0) is 4.79 Å². The third kappa shape index (κ3) is 3.83. The number of aromatic nitrogens is 2. The van der Waals surface area contributed by atoms with Crippen molar-refractivity contribution in [1.29, 1.82) is 0 Å². The van der Waals surface area contributed by atoms with Gasteiger partial charge in [-0.15, -0.1) is 0 Å². The van der Waals surface area contributed by atoms with Gasteiger partial charge in [-0.2, -0.15) is 0 Å². The van der Waals surface area contributed by atoms with E-state index in [4.69, 9.17) is 9.73 Å². The molecule has 1 amide bonds. The Labute approximate surface area is 179 Å². The highest BCUT2D eigenvalue weighted by molar-refractivity contribution is 6.17. The van der Waals surface area contributed by atoms with E-state index in [-0.39, 0.29) is 12.3 Å². The van der Waals surface area contributed by atoms with E-state index in [0.717, 1.165) is 39.5 Å². The van der Waals surface area contributed by atoms with E-state index in [1.165, 1.54) is 0 Å². The van der Waals surface area contributed by atoms with Gasteiger partial charge in [0.2, 0.25) is 5.91 Å². The number of hydrogen-bond donors (Lipinski definition) is 1. The molecule has 6 nitrogen and oxygen atoms in total. The molecule has 152 valence electrons. The molecule has 0 bridgehead atoms. The van der Waals surface area contributed by atoms with Gasteiger partial charge >= 0.3 is 0 Å². The molecule has 0 saturated carbocycles. The molecule has 0 unspecified atom stereocenters. The molecule has 0 atom stereocenters. The molecule has 0 radical (unpaired) electrons. The molecule has 1 aliphatic rings. The number of rotatable bonds is 4. The van der Waals surface area contributed by atoms with Gasteiger partial charge in [-0.05, 0) is 53.1 Å². The molecule has 31 heavy (non-hydrogen) atoms. The Hall–Kier alpha value is -4.19. The highest BCUT2D eigenvalue weighted by atomic mass is 16.5. The Morgan fingerprint density at radius 1 is 0.968 bits per heavy atom. The van der Waals surface area contributed by atoms with Crippen LogP contribution in [0.2, 0.25) is 0 Å². The fourth-order valence-electron chi connectivity index (χ4n) is 3.65. The van der Waals surface area contributed by atoms with Crippen LogP contribution in [0.1, 0.15) is 12.0 Å². The molecule has 1 N–H and O–H groups in total. The number of ether oxygens (including phenoxy) is 1. The number of anilines is 1. The highest BCUT2D eigenvalue weighted by Crippen LogP contribution is 2.34. The van der Waals surface area contributed by atoms with Crippen LogP contribution in [0.4, 0.5) is 11.4 Å². The maximum Gasteiger partial charge on any atom is 0.230 e. The largest absolute Gasteiger partial charge is 0.497 e. The van der Waals surface area contributed by atoms with E-state index < -0.39 is 0 Å². The minimum Gasteiger partial charge on any atom is -0.497 e. The van der Waals surface area contributed by atoms with Crippen LogP contribution in [-0.4, -0.2) is 28.3 Å². The monoisotopic (exact) mass is 408 g/mol. The van der Waals surface area contributed by atoms with Crippen molar-refractivity contribution in [2.45, 2.75) is 6.42 Å². The lowest BCUT2D eigenvalue weighted by Gasteiger charge is -2.09. The van der Waals surface area contributed by atoms with Crippen molar-refractivity contribution < 1.29 is 9.53 Å². The quantitative estimate of drug-likeness (QED) is 0.516. The number of amides is 1. The first-order valence-corrected chi connectivity index (χ1v) is 9.94. The SMILES string of the molecule is COc1ccc(-c2ccc3c(c2)NC(=O)CC(c2cccc(-n4ccnc4)c2)=N3)cc1. The van der Waals surface area contributed by atoms with Crippen molar-refractivity contribution in [2.75, 3.05) is 12.4 Å². The van der Waals surface area contributed by atoms with E-state index in [1.807, 2.05) is 77.5 Å². The van der Waals surface area contributed by atoms with Crippen LogP contribution < -0.4 is 10.1 Å². The van der Waals surface area contributed by atoms with Crippen LogP contribution in [0.5, 0.6) is 5.75 Å². The fraction of sp³-hybridized carbons (Fsp3) is 0.0800. The molecular formula is C25H20N4O2. The molecular weight excluding hydrogens is 388 g/mol. The normalized spacial score (nSPS) is 13.1. The Balaban J connectivity index is 1.52. The van der Waals surface area contributed by atoms with Crippen molar-refractivity contribution >= 4 is 23.0 Å². The first kappa shape index (κ1) is 18.8. The summed E-state index contributed by atoms with van der Waals surface area (Å²) in [7, 11) is 1.65. The van der Waals surface area contributed by atoms with Gasteiger partial charge in [0.15, 0.2) is 0 Å². The average molecular weight is 408 g/mol. The second-order valence-electron chi connectivity index (χ2n) is 7.26. The van der Waals surface area contributed by atoms with Gasteiger partial charge in [0.05, 0.1) is 36.9 Å². The molecule has 0 fully saturated rings. The summed E-state index contributed by atoms with van der Waals surface area (Å²) < 4.78 is 7.16. The van der Waals surface area contributed by atoms with Crippen LogP contribution in [0.15, 0.2) is 90.4 Å². The smallest absolute Gasteiger partial charge is 0.230 e. The number of carbonyl (C=O) groups is 1. The molecule has 6 heteroatoms. The molecule has 0 saturated heterocycles. The number of aliphatic imine (C=N–C) groups is 1. The van der Waals surface area contributed by atoms with Crippen molar-refractivity contribution in [3.63, 3.8) is 0 Å². The third-order valence-electron chi connectivity index (χ3n) is 5.26.